The third kappa shape index (κ3) is 4.90. The van der Waals surface area contributed by atoms with Crippen LogP contribution in [-0.2, 0) is 23.8 Å². The average molecular weight is 378 g/mol. The molecule has 0 spiro atoms. The molecule has 0 aromatic carbocycles. The number of amides is 1. The fourth-order valence-electron chi connectivity index (χ4n) is 2.57. The lowest BCUT2D eigenvalue weighted by molar-refractivity contribution is -0.113. The van der Waals surface area contributed by atoms with Gasteiger partial charge in [0.1, 0.15) is 5.82 Å². The summed E-state index contributed by atoms with van der Waals surface area (Å²) in [5.74, 6) is 1.01. The molecule has 1 amide bonds. The van der Waals surface area contributed by atoms with Crippen molar-refractivity contribution in [2.45, 2.75) is 71.5 Å². The van der Waals surface area contributed by atoms with E-state index in [1.165, 1.54) is 17.5 Å². The van der Waals surface area contributed by atoms with Gasteiger partial charge in [-0.3, -0.25) is 9.48 Å². The quantitative estimate of drug-likeness (QED) is 0.739. The molecule has 144 valence electrons. The largest absolute Gasteiger partial charge is 0.323 e. The number of aryl methyl sites for hydroxylation is 2. The molecular weight excluding hydrogens is 346 g/mol. The number of aromatic nitrogens is 4. The van der Waals surface area contributed by atoms with Crippen molar-refractivity contribution in [1.29, 1.82) is 0 Å². The maximum atomic E-state index is 12.4. The molecule has 0 bridgehead atoms. The number of nitrogens with one attached hydrogen (secondary N) is 1. The number of carbonyl (C=O) groups is 1. The Morgan fingerprint density at radius 3 is 2.58 bits per heavy atom. The monoisotopic (exact) mass is 377 g/mol. The number of hydrogen-bond acceptors (Lipinski definition) is 4. The second kappa shape index (κ2) is 8.29. The Kier molecular flexibility index (Phi) is 6.55. The molecule has 2 aromatic heterocycles. The summed E-state index contributed by atoms with van der Waals surface area (Å²) in [5.41, 5.74) is 3.13. The molecule has 0 saturated heterocycles. The second-order valence-corrected chi connectivity index (χ2v) is 8.64. The molecule has 0 saturated carbocycles. The van der Waals surface area contributed by atoms with Crippen molar-refractivity contribution in [1.82, 2.24) is 19.3 Å². The Morgan fingerprint density at radius 2 is 2.00 bits per heavy atom. The topological polar surface area (TPSA) is 64.7 Å². The number of anilines is 1. The minimum atomic E-state index is -0.0471. The first kappa shape index (κ1) is 20.6. The highest BCUT2D eigenvalue weighted by Crippen LogP contribution is 2.25. The third-order valence-electron chi connectivity index (χ3n) is 4.41. The van der Waals surface area contributed by atoms with Crippen molar-refractivity contribution in [3.63, 3.8) is 0 Å². The Labute approximate surface area is 160 Å². The zero-order chi connectivity index (χ0) is 19.5. The average Bonchev–Trinajstić information content (AvgIpc) is 3.05. The van der Waals surface area contributed by atoms with Crippen molar-refractivity contribution in [2.24, 2.45) is 7.05 Å². The van der Waals surface area contributed by atoms with Crippen LogP contribution in [-0.4, -0.2) is 31.0 Å². The number of imidazole rings is 1. The van der Waals surface area contributed by atoms with Gasteiger partial charge < -0.3 is 9.88 Å². The molecule has 0 aliphatic heterocycles. The SMILES string of the molecule is CCCCn1c(SCC(=O)Nc2cc(C(C)(C)C)nn2C)nc(C)c1C. The van der Waals surface area contributed by atoms with Crippen LogP contribution in [0.2, 0.25) is 0 Å². The summed E-state index contributed by atoms with van der Waals surface area (Å²) in [4.78, 5) is 17.0. The van der Waals surface area contributed by atoms with Crippen molar-refractivity contribution in [3.8, 4) is 0 Å². The molecule has 0 fully saturated rings. The second-order valence-electron chi connectivity index (χ2n) is 7.70. The smallest absolute Gasteiger partial charge is 0.235 e. The van der Waals surface area contributed by atoms with Gasteiger partial charge in [0.15, 0.2) is 5.16 Å². The van der Waals surface area contributed by atoms with E-state index in [9.17, 15) is 4.79 Å². The fourth-order valence-corrected chi connectivity index (χ4v) is 3.49. The van der Waals surface area contributed by atoms with Gasteiger partial charge >= 0.3 is 0 Å². The molecule has 2 heterocycles. The number of hydrogen-bond donors (Lipinski definition) is 1. The van der Waals surface area contributed by atoms with Crippen LogP contribution in [0.4, 0.5) is 5.82 Å². The van der Waals surface area contributed by atoms with Gasteiger partial charge in [-0.15, -0.1) is 0 Å². The van der Waals surface area contributed by atoms with Gasteiger partial charge in [-0.05, 0) is 20.3 Å². The Hall–Kier alpha value is -1.76. The Morgan fingerprint density at radius 1 is 1.31 bits per heavy atom. The van der Waals surface area contributed by atoms with Gasteiger partial charge in [-0.25, -0.2) is 4.98 Å². The minimum absolute atomic E-state index is 0.0428. The zero-order valence-corrected chi connectivity index (χ0v) is 17.8. The molecule has 0 aliphatic rings. The van der Waals surface area contributed by atoms with Crippen LogP contribution in [0.25, 0.3) is 0 Å². The van der Waals surface area contributed by atoms with Gasteiger partial charge in [0, 0.05) is 30.8 Å². The van der Waals surface area contributed by atoms with E-state index in [2.05, 4.69) is 54.6 Å². The summed E-state index contributed by atoms with van der Waals surface area (Å²) < 4.78 is 3.94. The maximum absolute atomic E-state index is 12.4. The van der Waals surface area contributed by atoms with Gasteiger partial charge in [-0.2, -0.15) is 5.10 Å². The molecule has 0 radical (unpaired) electrons. The maximum Gasteiger partial charge on any atom is 0.235 e. The Bertz CT molecular complexity index is 770. The van der Waals surface area contributed by atoms with Crippen LogP contribution in [0.15, 0.2) is 11.2 Å². The molecule has 6 nitrogen and oxygen atoms in total. The summed E-state index contributed by atoms with van der Waals surface area (Å²) in [6.07, 6.45) is 2.25. The van der Waals surface area contributed by atoms with Gasteiger partial charge in [-0.1, -0.05) is 45.9 Å². The zero-order valence-electron chi connectivity index (χ0n) is 17.0. The van der Waals surface area contributed by atoms with E-state index in [0.717, 1.165) is 41.7 Å². The highest BCUT2D eigenvalue weighted by Gasteiger charge is 2.20. The number of carbonyl (C=O) groups excluding carboxylic acids is 1. The van der Waals surface area contributed by atoms with Gasteiger partial charge in [0.2, 0.25) is 5.91 Å². The molecule has 1 N–H and O–H groups in total. The van der Waals surface area contributed by atoms with Crippen molar-refractivity contribution < 1.29 is 4.79 Å². The summed E-state index contributed by atoms with van der Waals surface area (Å²) in [6.45, 7) is 13.6. The highest BCUT2D eigenvalue weighted by molar-refractivity contribution is 7.99. The number of thioether (sulfide) groups is 1. The van der Waals surface area contributed by atoms with Crippen LogP contribution < -0.4 is 5.32 Å². The van der Waals surface area contributed by atoms with E-state index in [4.69, 9.17) is 0 Å². The van der Waals surface area contributed by atoms with Crippen molar-refractivity contribution in [3.05, 3.63) is 23.1 Å². The summed E-state index contributed by atoms with van der Waals surface area (Å²) in [5, 5.41) is 8.38. The number of unbranched alkanes of at least 4 members (excludes halogenated alkanes) is 1. The molecule has 7 heteroatoms. The van der Waals surface area contributed by atoms with Crippen LogP contribution in [0.3, 0.4) is 0 Å². The first-order chi connectivity index (χ1) is 12.1. The predicted octanol–water partition coefficient (Wildman–Crippen LogP) is 4.06. The van der Waals surface area contributed by atoms with Crippen LogP contribution in [0.1, 0.15) is 57.6 Å². The minimum Gasteiger partial charge on any atom is -0.323 e. The Balaban J connectivity index is 2.02. The van der Waals surface area contributed by atoms with Gasteiger partial charge in [0.05, 0.1) is 17.1 Å². The van der Waals surface area contributed by atoms with Crippen molar-refractivity contribution >= 4 is 23.5 Å². The van der Waals surface area contributed by atoms with E-state index in [1.54, 1.807) is 4.68 Å². The molecular formula is C19H31N5OS. The molecule has 2 rings (SSSR count). The van der Waals surface area contributed by atoms with E-state index >= 15 is 0 Å². The predicted molar refractivity (Wildman–Crippen MR) is 108 cm³/mol. The molecule has 2 aromatic rings. The number of rotatable bonds is 7. The summed E-state index contributed by atoms with van der Waals surface area (Å²) in [7, 11) is 1.85. The summed E-state index contributed by atoms with van der Waals surface area (Å²) >= 11 is 1.49. The van der Waals surface area contributed by atoms with E-state index in [0.29, 0.717) is 5.75 Å². The lowest BCUT2D eigenvalue weighted by Crippen LogP contribution is -2.17. The molecule has 0 aliphatic carbocycles. The normalized spacial score (nSPS) is 11.8. The van der Waals surface area contributed by atoms with E-state index in [-0.39, 0.29) is 11.3 Å². The van der Waals surface area contributed by atoms with Gasteiger partial charge in [0.25, 0.3) is 0 Å². The molecule has 0 atom stereocenters. The summed E-state index contributed by atoms with van der Waals surface area (Å²) in [6, 6.07) is 1.94. The third-order valence-corrected chi connectivity index (χ3v) is 5.38. The molecule has 26 heavy (non-hydrogen) atoms. The number of nitrogens with zero attached hydrogens (tertiary/aromatic N) is 4. The van der Waals surface area contributed by atoms with E-state index in [1.807, 2.05) is 20.0 Å². The van der Waals surface area contributed by atoms with Crippen LogP contribution in [0, 0.1) is 13.8 Å². The molecule has 0 unspecified atom stereocenters. The lowest BCUT2D eigenvalue weighted by Gasteiger charge is -2.13. The first-order valence-corrected chi connectivity index (χ1v) is 10.1. The van der Waals surface area contributed by atoms with E-state index < -0.39 is 0 Å². The van der Waals surface area contributed by atoms with Crippen LogP contribution >= 0.6 is 11.8 Å². The first-order valence-electron chi connectivity index (χ1n) is 9.14. The fraction of sp³-hybridized carbons (Fsp3) is 0.632. The lowest BCUT2D eigenvalue weighted by atomic mass is 9.92. The van der Waals surface area contributed by atoms with Crippen molar-refractivity contribution in [2.75, 3.05) is 11.1 Å². The highest BCUT2D eigenvalue weighted by atomic mass is 32.2. The standard InChI is InChI=1S/C19H31N5OS/c1-8-9-10-24-14(3)13(2)20-18(24)26-12-17(25)21-16-11-15(19(4,5)6)22-23(16)7/h11H,8-10,12H2,1-7H3,(H,21,25). The van der Waals surface area contributed by atoms with Crippen LogP contribution in [0.5, 0.6) is 0 Å².